The predicted molar refractivity (Wildman–Crippen MR) is 65.5 cm³/mol. The molecule has 0 radical (unpaired) electrons. The molecule has 0 atom stereocenters. The summed E-state index contributed by atoms with van der Waals surface area (Å²) in [6, 6.07) is 5.12. The number of rotatable bonds is 3. The number of hydrogen-bond donors (Lipinski definition) is 2. The normalized spacial score (nSPS) is 10.1. The molecule has 20 heavy (non-hydrogen) atoms. The average Bonchev–Trinajstić information content (AvgIpc) is 2.41. The summed E-state index contributed by atoms with van der Waals surface area (Å²) in [6.07, 6.45) is 0.859. The van der Waals surface area contributed by atoms with Crippen molar-refractivity contribution in [2.75, 3.05) is 5.32 Å². The topological polar surface area (TPSA) is 79.3 Å². The van der Waals surface area contributed by atoms with Crippen molar-refractivity contribution in [2.24, 2.45) is 0 Å². The van der Waals surface area contributed by atoms with E-state index in [4.69, 9.17) is 5.11 Å². The zero-order chi connectivity index (χ0) is 14.7. The molecule has 1 amide bonds. The first-order chi connectivity index (χ1) is 9.47. The standard InChI is InChI=1S/C13H8F2N2O3/c14-7-1-3-10(9(5-7)13(19)20)17-12(18)11-4-2-8(15)6-16-11/h1-6H,(H,17,18)(H,19,20). The highest BCUT2D eigenvalue weighted by molar-refractivity contribution is 6.06. The Morgan fingerprint density at radius 2 is 1.80 bits per heavy atom. The van der Waals surface area contributed by atoms with E-state index in [-0.39, 0.29) is 16.9 Å². The summed E-state index contributed by atoms with van der Waals surface area (Å²) in [6.45, 7) is 0. The molecule has 0 bridgehead atoms. The molecule has 5 nitrogen and oxygen atoms in total. The van der Waals surface area contributed by atoms with Crippen molar-refractivity contribution in [3.63, 3.8) is 0 Å². The Labute approximate surface area is 111 Å². The minimum absolute atomic E-state index is 0.0741. The molecular formula is C13H8F2N2O3. The van der Waals surface area contributed by atoms with E-state index >= 15 is 0 Å². The van der Waals surface area contributed by atoms with Crippen LogP contribution in [0.15, 0.2) is 36.5 Å². The first-order valence-corrected chi connectivity index (χ1v) is 5.43. The maximum Gasteiger partial charge on any atom is 0.337 e. The van der Waals surface area contributed by atoms with E-state index < -0.39 is 23.5 Å². The smallest absolute Gasteiger partial charge is 0.337 e. The van der Waals surface area contributed by atoms with Gasteiger partial charge in [0.2, 0.25) is 0 Å². The fourth-order valence-corrected chi connectivity index (χ4v) is 1.50. The van der Waals surface area contributed by atoms with Crippen LogP contribution in [0.4, 0.5) is 14.5 Å². The summed E-state index contributed by atoms with van der Waals surface area (Å²) in [5.41, 5.74) is -0.553. The highest BCUT2D eigenvalue weighted by atomic mass is 19.1. The van der Waals surface area contributed by atoms with E-state index in [2.05, 4.69) is 10.3 Å². The van der Waals surface area contributed by atoms with E-state index in [1.54, 1.807) is 0 Å². The number of carboxylic acids is 1. The second-order valence-corrected chi connectivity index (χ2v) is 3.81. The van der Waals surface area contributed by atoms with Gasteiger partial charge in [0, 0.05) is 0 Å². The van der Waals surface area contributed by atoms with Crippen LogP contribution in [-0.2, 0) is 0 Å². The Balaban J connectivity index is 2.28. The van der Waals surface area contributed by atoms with Crippen molar-refractivity contribution in [3.05, 3.63) is 59.4 Å². The van der Waals surface area contributed by atoms with E-state index in [0.29, 0.717) is 0 Å². The van der Waals surface area contributed by atoms with Gasteiger partial charge in [0.25, 0.3) is 5.91 Å². The number of anilines is 1. The summed E-state index contributed by atoms with van der Waals surface area (Å²) >= 11 is 0. The molecular weight excluding hydrogens is 270 g/mol. The monoisotopic (exact) mass is 278 g/mol. The van der Waals surface area contributed by atoms with Gasteiger partial charge in [-0.15, -0.1) is 0 Å². The lowest BCUT2D eigenvalue weighted by Crippen LogP contribution is -2.16. The van der Waals surface area contributed by atoms with Gasteiger partial charge in [-0.3, -0.25) is 4.79 Å². The van der Waals surface area contributed by atoms with E-state index in [9.17, 15) is 18.4 Å². The van der Waals surface area contributed by atoms with Gasteiger partial charge in [0.15, 0.2) is 0 Å². The molecule has 2 rings (SSSR count). The largest absolute Gasteiger partial charge is 0.478 e. The Morgan fingerprint density at radius 1 is 1.10 bits per heavy atom. The van der Waals surface area contributed by atoms with Crippen molar-refractivity contribution in [1.82, 2.24) is 4.98 Å². The number of aromatic nitrogens is 1. The number of carboxylic acid groups (broad SMARTS) is 1. The lowest BCUT2D eigenvalue weighted by molar-refractivity contribution is 0.0697. The summed E-state index contributed by atoms with van der Waals surface area (Å²) in [5.74, 6) is -3.44. The van der Waals surface area contributed by atoms with Crippen LogP contribution in [0.2, 0.25) is 0 Å². The second kappa shape index (κ2) is 5.43. The van der Waals surface area contributed by atoms with Gasteiger partial charge in [-0.25, -0.2) is 18.6 Å². The second-order valence-electron chi connectivity index (χ2n) is 3.81. The number of carbonyl (C=O) groups excluding carboxylic acids is 1. The van der Waals surface area contributed by atoms with Gasteiger partial charge in [0.05, 0.1) is 17.4 Å². The molecule has 0 spiro atoms. The number of carbonyl (C=O) groups is 2. The third-order valence-electron chi connectivity index (χ3n) is 2.42. The Bertz CT molecular complexity index is 672. The summed E-state index contributed by atoms with van der Waals surface area (Å²) < 4.78 is 25.7. The zero-order valence-electron chi connectivity index (χ0n) is 9.93. The number of hydrogen-bond acceptors (Lipinski definition) is 3. The first-order valence-electron chi connectivity index (χ1n) is 5.43. The highest BCUT2D eigenvalue weighted by Gasteiger charge is 2.15. The van der Waals surface area contributed by atoms with Crippen LogP contribution in [-0.4, -0.2) is 22.0 Å². The number of aromatic carboxylic acids is 1. The number of pyridine rings is 1. The van der Waals surface area contributed by atoms with E-state index in [1.807, 2.05) is 0 Å². The predicted octanol–water partition coefficient (Wildman–Crippen LogP) is 2.31. The SMILES string of the molecule is O=C(Nc1ccc(F)cc1C(=O)O)c1ccc(F)cn1. The number of benzene rings is 1. The summed E-state index contributed by atoms with van der Waals surface area (Å²) in [5, 5.41) is 11.2. The molecule has 0 unspecified atom stereocenters. The Hall–Kier alpha value is -2.83. The molecule has 1 aromatic heterocycles. The van der Waals surface area contributed by atoms with Crippen LogP contribution in [0.5, 0.6) is 0 Å². The zero-order valence-corrected chi connectivity index (χ0v) is 9.93. The van der Waals surface area contributed by atoms with E-state index in [1.165, 1.54) is 0 Å². The fraction of sp³-hybridized carbons (Fsp3) is 0. The van der Waals surface area contributed by atoms with Gasteiger partial charge in [0.1, 0.15) is 17.3 Å². The Kier molecular flexibility index (Phi) is 3.69. The number of nitrogens with one attached hydrogen (secondary N) is 1. The number of halogens is 2. The van der Waals surface area contributed by atoms with Crippen LogP contribution < -0.4 is 5.32 Å². The molecule has 0 fully saturated rings. The van der Waals surface area contributed by atoms with Crippen LogP contribution in [0, 0.1) is 11.6 Å². The minimum Gasteiger partial charge on any atom is -0.478 e. The summed E-state index contributed by atoms with van der Waals surface area (Å²) in [4.78, 5) is 26.3. The molecule has 2 aromatic rings. The molecule has 1 heterocycles. The Morgan fingerprint density at radius 3 is 2.40 bits per heavy atom. The number of amides is 1. The molecule has 102 valence electrons. The third-order valence-corrected chi connectivity index (χ3v) is 2.42. The van der Waals surface area contributed by atoms with Gasteiger partial charge in [-0.1, -0.05) is 0 Å². The first kappa shape index (κ1) is 13.6. The van der Waals surface area contributed by atoms with Crippen molar-refractivity contribution in [3.8, 4) is 0 Å². The lowest BCUT2D eigenvalue weighted by atomic mass is 10.1. The molecule has 0 aliphatic carbocycles. The molecule has 1 aromatic carbocycles. The quantitative estimate of drug-likeness (QED) is 0.903. The van der Waals surface area contributed by atoms with Crippen LogP contribution in [0.1, 0.15) is 20.8 Å². The molecule has 0 saturated heterocycles. The fourth-order valence-electron chi connectivity index (χ4n) is 1.50. The van der Waals surface area contributed by atoms with Crippen LogP contribution in [0.3, 0.4) is 0 Å². The minimum atomic E-state index is -1.38. The van der Waals surface area contributed by atoms with Crippen LogP contribution in [0.25, 0.3) is 0 Å². The lowest BCUT2D eigenvalue weighted by Gasteiger charge is -2.08. The van der Waals surface area contributed by atoms with Crippen LogP contribution >= 0.6 is 0 Å². The average molecular weight is 278 g/mol. The molecule has 2 N–H and O–H groups in total. The molecule has 0 aliphatic rings. The highest BCUT2D eigenvalue weighted by Crippen LogP contribution is 2.18. The van der Waals surface area contributed by atoms with Crippen molar-refractivity contribution < 1.29 is 23.5 Å². The molecule has 0 aliphatic heterocycles. The van der Waals surface area contributed by atoms with Crippen molar-refractivity contribution in [1.29, 1.82) is 0 Å². The maximum absolute atomic E-state index is 13.0. The molecule has 7 heteroatoms. The van der Waals surface area contributed by atoms with Gasteiger partial charge in [-0.2, -0.15) is 0 Å². The van der Waals surface area contributed by atoms with Crippen molar-refractivity contribution in [2.45, 2.75) is 0 Å². The maximum atomic E-state index is 13.0. The van der Waals surface area contributed by atoms with Gasteiger partial charge in [-0.05, 0) is 30.3 Å². The van der Waals surface area contributed by atoms with E-state index in [0.717, 1.165) is 36.5 Å². The van der Waals surface area contributed by atoms with Crippen molar-refractivity contribution >= 4 is 17.6 Å². The number of nitrogens with zero attached hydrogens (tertiary/aromatic N) is 1. The third kappa shape index (κ3) is 2.94. The summed E-state index contributed by atoms with van der Waals surface area (Å²) in [7, 11) is 0. The molecule has 0 saturated carbocycles. The van der Waals surface area contributed by atoms with Gasteiger partial charge < -0.3 is 10.4 Å². The van der Waals surface area contributed by atoms with Gasteiger partial charge >= 0.3 is 5.97 Å².